The predicted octanol–water partition coefficient (Wildman–Crippen LogP) is 3.06. The minimum Gasteiger partial charge on any atom is -0.349 e. The first-order valence-corrected chi connectivity index (χ1v) is 9.72. The Kier molecular flexibility index (Phi) is 4.14. The van der Waals surface area contributed by atoms with Crippen molar-refractivity contribution < 1.29 is 8.42 Å². The number of hydrogen-bond donors (Lipinski definition) is 0. The third kappa shape index (κ3) is 2.65. The lowest BCUT2D eigenvalue weighted by Crippen LogP contribution is -2.35. The molecule has 114 valence electrons. The van der Waals surface area contributed by atoms with Crippen LogP contribution in [0.2, 0.25) is 0 Å². The van der Waals surface area contributed by atoms with Crippen LogP contribution in [0.15, 0.2) is 28.6 Å². The lowest BCUT2D eigenvalue weighted by atomic mass is 10.1. The zero-order chi connectivity index (χ0) is 15.0. The highest BCUT2D eigenvalue weighted by Gasteiger charge is 2.30. The Morgan fingerprint density at radius 1 is 1.43 bits per heavy atom. The van der Waals surface area contributed by atoms with E-state index in [4.69, 9.17) is 11.6 Å². The number of halogens is 1. The van der Waals surface area contributed by atoms with Crippen molar-refractivity contribution in [2.75, 3.05) is 6.54 Å². The fourth-order valence-electron chi connectivity index (χ4n) is 2.65. The van der Waals surface area contributed by atoms with Crippen LogP contribution in [0.25, 0.3) is 0 Å². The quantitative estimate of drug-likeness (QED) is 0.800. The first-order valence-electron chi connectivity index (χ1n) is 6.86. The molecular weight excluding hydrogens is 328 g/mol. The number of hydrogen-bond acceptors (Lipinski definition) is 3. The van der Waals surface area contributed by atoms with E-state index in [9.17, 15) is 8.42 Å². The number of rotatable bonds is 4. The van der Waals surface area contributed by atoms with Crippen molar-refractivity contribution in [3.8, 4) is 0 Å². The van der Waals surface area contributed by atoms with Gasteiger partial charge in [-0.15, -0.1) is 22.9 Å². The Labute approximate surface area is 134 Å². The third-order valence-electron chi connectivity index (χ3n) is 3.85. The third-order valence-corrected chi connectivity index (χ3v) is 6.96. The fraction of sp³-hybridized carbons (Fsp3) is 0.429. The van der Waals surface area contributed by atoms with Crippen LogP contribution in [0.4, 0.5) is 0 Å². The molecule has 0 atom stereocenters. The summed E-state index contributed by atoms with van der Waals surface area (Å²) in [4.78, 5) is 1.65. The standard InChI is InChI=1S/C14H17ClN2O2S2/c1-2-16-10-13(7-12(16)8-15)21(18,19)17-5-3-14-11(9-17)4-6-20-14/h4,6-7,10H,2-3,5,8-9H2,1H3. The Morgan fingerprint density at radius 3 is 2.90 bits per heavy atom. The maximum Gasteiger partial charge on any atom is 0.244 e. The average Bonchev–Trinajstić information content (AvgIpc) is 3.12. The van der Waals surface area contributed by atoms with Crippen LogP contribution in [0.5, 0.6) is 0 Å². The molecule has 0 fully saturated rings. The molecule has 0 aliphatic carbocycles. The molecule has 0 aromatic carbocycles. The number of fused-ring (bicyclic) bond motifs is 1. The summed E-state index contributed by atoms with van der Waals surface area (Å²) >= 11 is 7.59. The maximum atomic E-state index is 12.8. The summed E-state index contributed by atoms with van der Waals surface area (Å²) in [6, 6.07) is 3.71. The van der Waals surface area contributed by atoms with Crippen LogP contribution in [-0.2, 0) is 35.4 Å². The topological polar surface area (TPSA) is 42.3 Å². The Morgan fingerprint density at radius 2 is 2.24 bits per heavy atom. The van der Waals surface area contributed by atoms with Gasteiger partial charge in [-0.05, 0) is 36.4 Å². The Bertz CT molecular complexity index is 727. The fourth-order valence-corrected chi connectivity index (χ4v) is 5.25. The van der Waals surface area contributed by atoms with Crippen LogP contribution in [0.3, 0.4) is 0 Å². The molecule has 7 heteroatoms. The summed E-state index contributed by atoms with van der Waals surface area (Å²) in [5.41, 5.74) is 1.97. The van der Waals surface area contributed by atoms with E-state index in [1.54, 1.807) is 27.9 Å². The van der Waals surface area contributed by atoms with E-state index in [-0.39, 0.29) is 0 Å². The molecule has 4 nitrogen and oxygen atoms in total. The van der Waals surface area contributed by atoms with Gasteiger partial charge in [-0.1, -0.05) is 0 Å². The van der Waals surface area contributed by atoms with Crippen LogP contribution < -0.4 is 0 Å². The number of aromatic nitrogens is 1. The highest BCUT2D eigenvalue weighted by atomic mass is 35.5. The van der Waals surface area contributed by atoms with Crippen molar-refractivity contribution in [2.45, 2.75) is 37.2 Å². The molecule has 1 aliphatic heterocycles. The van der Waals surface area contributed by atoms with Gasteiger partial charge < -0.3 is 4.57 Å². The van der Waals surface area contributed by atoms with Gasteiger partial charge in [0.2, 0.25) is 10.0 Å². The van der Waals surface area contributed by atoms with Gasteiger partial charge in [0, 0.05) is 36.4 Å². The summed E-state index contributed by atoms with van der Waals surface area (Å²) < 4.78 is 29.0. The minimum absolute atomic E-state index is 0.317. The molecule has 3 rings (SSSR count). The smallest absolute Gasteiger partial charge is 0.244 e. The van der Waals surface area contributed by atoms with Gasteiger partial charge in [0.05, 0.1) is 5.88 Å². The van der Waals surface area contributed by atoms with E-state index in [0.29, 0.717) is 30.4 Å². The second-order valence-corrected chi connectivity index (χ2v) is 8.25. The summed E-state index contributed by atoms with van der Waals surface area (Å²) in [6.45, 7) is 3.70. The molecule has 0 saturated heterocycles. The zero-order valence-electron chi connectivity index (χ0n) is 11.8. The molecule has 3 heterocycles. The largest absolute Gasteiger partial charge is 0.349 e. The second-order valence-electron chi connectivity index (χ2n) is 5.04. The lowest BCUT2D eigenvalue weighted by Gasteiger charge is -2.25. The molecule has 0 unspecified atom stereocenters. The van der Waals surface area contributed by atoms with E-state index in [2.05, 4.69) is 0 Å². The monoisotopic (exact) mass is 344 g/mol. The first-order chi connectivity index (χ1) is 10.1. The SMILES string of the molecule is CCn1cc(S(=O)(=O)N2CCc3sccc3C2)cc1CCl. The molecule has 0 amide bonds. The molecule has 21 heavy (non-hydrogen) atoms. The lowest BCUT2D eigenvalue weighted by molar-refractivity contribution is 0.394. The van der Waals surface area contributed by atoms with Crippen LogP contribution in [-0.4, -0.2) is 23.8 Å². The van der Waals surface area contributed by atoms with Gasteiger partial charge in [-0.3, -0.25) is 0 Å². The van der Waals surface area contributed by atoms with Crippen molar-refractivity contribution in [1.29, 1.82) is 0 Å². The van der Waals surface area contributed by atoms with E-state index < -0.39 is 10.0 Å². The summed E-state index contributed by atoms with van der Waals surface area (Å²) in [5, 5.41) is 2.03. The summed E-state index contributed by atoms with van der Waals surface area (Å²) in [7, 11) is -3.45. The van der Waals surface area contributed by atoms with Crippen LogP contribution in [0.1, 0.15) is 23.1 Å². The van der Waals surface area contributed by atoms with E-state index in [1.807, 2.05) is 22.9 Å². The molecule has 0 bridgehead atoms. The van der Waals surface area contributed by atoms with Gasteiger partial charge in [-0.2, -0.15) is 4.31 Å². The summed E-state index contributed by atoms with van der Waals surface area (Å²) in [6.07, 6.45) is 2.49. The minimum atomic E-state index is -3.45. The molecule has 2 aromatic heterocycles. The Balaban J connectivity index is 1.92. The highest BCUT2D eigenvalue weighted by molar-refractivity contribution is 7.89. The van der Waals surface area contributed by atoms with Crippen LogP contribution >= 0.6 is 22.9 Å². The van der Waals surface area contributed by atoms with Crippen molar-refractivity contribution in [3.05, 3.63) is 39.8 Å². The summed E-state index contributed by atoms with van der Waals surface area (Å²) in [5.74, 6) is 0.317. The van der Waals surface area contributed by atoms with Gasteiger partial charge in [-0.25, -0.2) is 8.42 Å². The highest BCUT2D eigenvalue weighted by Crippen LogP contribution is 2.29. The number of sulfonamides is 1. The normalized spacial score (nSPS) is 16.1. The molecule has 0 N–H and O–H groups in total. The number of nitrogens with zero attached hydrogens (tertiary/aromatic N) is 2. The molecule has 2 aromatic rings. The molecule has 0 spiro atoms. The second kappa shape index (κ2) is 5.76. The zero-order valence-corrected chi connectivity index (χ0v) is 14.1. The molecule has 1 aliphatic rings. The molecular formula is C14H17ClN2O2S2. The number of thiophene rings is 1. The van der Waals surface area contributed by atoms with Crippen LogP contribution in [0, 0.1) is 0 Å². The predicted molar refractivity (Wildman–Crippen MR) is 85.3 cm³/mol. The Hall–Kier alpha value is -0.820. The first kappa shape index (κ1) is 15.1. The number of alkyl halides is 1. The average molecular weight is 345 g/mol. The number of aryl methyl sites for hydroxylation is 1. The molecule has 0 saturated carbocycles. The van der Waals surface area contributed by atoms with Gasteiger partial charge in [0.25, 0.3) is 0 Å². The van der Waals surface area contributed by atoms with Crippen molar-refractivity contribution in [3.63, 3.8) is 0 Å². The van der Waals surface area contributed by atoms with Crippen molar-refractivity contribution in [1.82, 2.24) is 8.87 Å². The van der Waals surface area contributed by atoms with Gasteiger partial charge in [0.15, 0.2) is 0 Å². The van der Waals surface area contributed by atoms with Gasteiger partial charge in [0.1, 0.15) is 4.90 Å². The molecule has 0 radical (unpaired) electrons. The maximum absolute atomic E-state index is 12.8. The van der Waals surface area contributed by atoms with E-state index in [0.717, 1.165) is 17.7 Å². The van der Waals surface area contributed by atoms with Crippen molar-refractivity contribution in [2.24, 2.45) is 0 Å². The van der Waals surface area contributed by atoms with Crippen molar-refractivity contribution >= 4 is 33.0 Å². The van der Waals surface area contributed by atoms with E-state index in [1.165, 1.54) is 4.88 Å². The van der Waals surface area contributed by atoms with Gasteiger partial charge >= 0.3 is 0 Å². The van der Waals surface area contributed by atoms with E-state index >= 15 is 0 Å².